The predicted octanol–water partition coefficient (Wildman–Crippen LogP) is 2.33. The quantitative estimate of drug-likeness (QED) is 0.809. The van der Waals surface area contributed by atoms with E-state index in [1.54, 1.807) is 0 Å². The van der Waals surface area contributed by atoms with Crippen LogP contribution in [-0.4, -0.2) is 48.4 Å². The van der Waals surface area contributed by atoms with E-state index < -0.39 is 0 Å². The van der Waals surface area contributed by atoms with Gasteiger partial charge in [0.2, 0.25) is 0 Å². The highest BCUT2D eigenvalue weighted by Crippen LogP contribution is 2.29. The first kappa shape index (κ1) is 12.8. The molecule has 2 aliphatic rings. The van der Waals surface area contributed by atoms with E-state index in [1.807, 2.05) is 30.3 Å². The molecule has 4 rings (SSSR count). The van der Waals surface area contributed by atoms with Gasteiger partial charge in [-0.1, -0.05) is 18.2 Å². The van der Waals surface area contributed by atoms with Crippen LogP contribution in [0, 0.1) is 0 Å². The van der Waals surface area contributed by atoms with Gasteiger partial charge in [-0.3, -0.25) is 9.69 Å². The van der Waals surface area contributed by atoms with Gasteiger partial charge in [-0.05, 0) is 25.0 Å². The zero-order chi connectivity index (χ0) is 14.2. The molecule has 1 aliphatic carbocycles. The average Bonchev–Trinajstić information content (AvgIpc) is 3.39. The Bertz CT molecular complexity index is 673. The number of aromatic nitrogens is 1. The fraction of sp³-hybridized carbons (Fsp3) is 0.412. The third kappa shape index (κ3) is 2.40. The zero-order valence-electron chi connectivity index (χ0n) is 12.0. The summed E-state index contributed by atoms with van der Waals surface area (Å²) in [5.41, 5.74) is 1.66. The Labute approximate surface area is 124 Å². The average molecular weight is 281 g/mol. The Morgan fingerprint density at radius 3 is 2.57 bits per heavy atom. The fourth-order valence-electron chi connectivity index (χ4n) is 3.20. The van der Waals surface area contributed by atoms with Crippen molar-refractivity contribution in [1.82, 2.24) is 9.88 Å². The standard InChI is InChI=1S/C17H19N3O/c21-12-14-11-13-3-1-2-4-16(13)18-17(14)20-9-7-19(8-10-20)15-5-6-15/h1-4,11-12,15H,5-10H2. The summed E-state index contributed by atoms with van der Waals surface area (Å²) in [7, 11) is 0. The minimum atomic E-state index is 0.702. The highest BCUT2D eigenvalue weighted by atomic mass is 16.1. The number of nitrogens with zero attached hydrogens (tertiary/aromatic N) is 3. The van der Waals surface area contributed by atoms with Crippen molar-refractivity contribution in [2.45, 2.75) is 18.9 Å². The van der Waals surface area contributed by atoms with Crippen LogP contribution < -0.4 is 4.90 Å². The lowest BCUT2D eigenvalue weighted by Gasteiger charge is -2.36. The van der Waals surface area contributed by atoms with E-state index in [1.165, 1.54) is 12.8 Å². The molecule has 1 aromatic carbocycles. The monoisotopic (exact) mass is 281 g/mol. The van der Waals surface area contributed by atoms with Crippen LogP contribution in [0.4, 0.5) is 5.82 Å². The molecule has 0 radical (unpaired) electrons. The van der Waals surface area contributed by atoms with Gasteiger partial charge in [0, 0.05) is 37.6 Å². The van der Waals surface area contributed by atoms with Crippen molar-refractivity contribution in [3.63, 3.8) is 0 Å². The maximum absolute atomic E-state index is 11.4. The van der Waals surface area contributed by atoms with Gasteiger partial charge in [-0.25, -0.2) is 4.98 Å². The number of rotatable bonds is 3. The van der Waals surface area contributed by atoms with Crippen LogP contribution in [0.15, 0.2) is 30.3 Å². The van der Waals surface area contributed by atoms with Crippen LogP contribution in [0.25, 0.3) is 10.9 Å². The summed E-state index contributed by atoms with van der Waals surface area (Å²) < 4.78 is 0. The Balaban J connectivity index is 1.64. The van der Waals surface area contributed by atoms with Crippen molar-refractivity contribution in [2.24, 2.45) is 0 Å². The number of fused-ring (bicyclic) bond motifs is 1. The van der Waals surface area contributed by atoms with E-state index in [0.717, 1.165) is 55.2 Å². The van der Waals surface area contributed by atoms with Crippen LogP contribution in [-0.2, 0) is 0 Å². The van der Waals surface area contributed by atoms with Crippen molar-refractivity contribution in [2.75, 3.05) is 31.1 Å². The number of piperazine rings is 1. The van der Waals surface area contributed by atoms with Crippen LogP contribution in [0.1, 0.15) is 23.2 Å². The molecule has 2 fully saturated rings. The molecule has 0 spiro atoms. The molecule has 2 aromatic rings. The number of carbonyl (C=O) groups is 1. The van der Waals surface area contributed by atoms with Crippen LogP contribution in [0.2, 0.25) is 0 Å². The molecule has 0 amide bonds. The number of anilines is 1. The van der Waals surface area contributed by atoms with Gasteiger partial charge in [-0.2, -0.15) is 0 Å². The second-order valence-electron chi connectivity index (χ2n) is 5.97. The van der Waals surface area contributed by atoms with Gasteiger partial charge < -0.3 is 4.90 Å². The minimum Gasteiger partial charge on any atom is -0.353 e. The van der Waals surface area contributed by atoms with E-state index >= 15 is 0 Å². The Hall–Kier alpha value is -1.94. The Morgan fingerprint density at radius 2 is 1.86 bits per heavy atom. The molecular formula is C17H19N3O. The van der Waals surface area contributed by atoms with E-state index in [0.29, 0.717) is 5.56 Å². The molecule has 108 valence electrons. The van der Waals surface area contributed by atoms with Crippen molar-refractivity contribution < 1.29 is 4.79 Å². The largest absolute Gasteiger partial charge is 0.353 e. The molecule has 1 saturated carbocycles. The van der Waals surface area contributed by atoms with Gasteiger partial charge in [-0.15, -0.1) is 0 Å². The molecule has 4 nitrogen and oxygen atoms in total. The predicted molar refractivity (Wildman–Crippen MR) is 83.9 cm³/mol. The Morgan fingerprint density at radius 1 is 1.10 bits per heavy atom. The summed E-state index contributed by atoms with van der Waals surface area (Å²) in [6.07, 6.45) is 3.64. The lowest BCUT2D eigenvalue weighted by Crippen LogP contribution is -2.47. The third-order valence-corrected chi connectivity index (χ3v) is 4.54. The van der Waals surface area contributed by atoms with Crippen molar-refractivity contribution in [3.05, 3.63) is 35.9 Å². The molecule has 21 heavy (non-hydrogen) atoms. The van der Waals surface area contributed by atoms with E-state index in [9.17, 15) is 4.79 Å². The van der Waals surface area contributed by atoms with Gasteiger partial charge in [0.1, 0.15) is 5.82 Å². The molecular weight excluding hydrogens is 262 g/mol. The minimum absolute atomic E-state index is 0.702. The topological polar surface area (TPSA) is 36.4 Å². The third-order valence-electron chi connectivity index (χ3n) is 4.54. The number of hydrogen-bond donors (Lipinski definition) is 0. The first-order chi connectivity index (χ1) is 10.3. The van der Waals surface area contributed by atoms with Crippen LogP contribution >= 0.6 is 0 Å². The molecule has 0 atom stereocenters. The molecule has 0 bridgehead atoms. The van der Waals surface area contributed by atoms with Gasteiger partial charge in [0.05, 0.1) is 11.1 Å². The lowest BCUT2D eigenvalue weighted by molar-refractivity contribution is 0.112. The number of hydrogen-bond acceptors (Lipinski definition) is 4. The van der Waals surface area contributed by atoms with Crippen molar-refractivity contribution >= 4 is 23.0 Å². The number of aldehydes is 1. The SMILES string of the molecule is O=Cc1cc2ccccc2nc1N1CCN(C2CC2)CC1. The molecule has 0 unspecified atom stereocenters. The maximum Gasteiger partial charge on any atom is 0.153 e. The molecule has 2 heterocycles. The summed E-state index contributed by atoms with van der Waals surface area (Å²) in [5, 5.41) is 1.03. The fourth-order valence-corrected chi connectivity index (χ4v) is 3.20. The number of para-hydroxylation sites is 1. The summed E-state index contributed by atoms with van der Waals surface area (Å²) in [4.78, 5) is 21.0. The van der Waals surface area contributed by atoms with Gasteiger partial charge in [0.15, 0.2) is 6.29 Å². The molecule has 0 N–H and O–H groups in total. The Kier molecular flexibility index (Phi) is 3.11. The lowest BCUT2D eigenvalue weighted by atomic mass is 10.1. The van der Waals surface area contributed by atoms with E-state index in [4.69, 9.17) is 4.98 Å². The van der Waals surface area contributed by atoms with E-state index in [2.05, 4.69) is 9.80 Å². The first-order valence-corrected chi connectivity index (χ1v) is 7.69. The van der Waals surface area contributed by atoms with Crippen LogP contribution in [0.3, 0.4) is 0 Å². The van der Waals surface area contributed by atoms with Gasteiger partial charge in [0.25, 0.3) is 0 Å². The molecule has 1 aliphatic heterocycles. The van der Waals surface area contributed by atoms with Crippen LogP contribution in [0.5, 0.6) is 0 Å². The molecule has 1 aromatic heterocycles. The summed E-state index contributed by atoms with van der Waals surface area (Å²) in [6, 6.07) is 10.8. The molecule has 1 saturated heterocycles. The smallest absolute Gasteiger partial charge is 0.153 e. The van der Waals surface area contributed by atoms with Gasteiger partial charge >= 0.3 is 0 Å². The first-order valence-electron chi connectivity index (χ1n) is 7.69. The molecule has 4 heteroatoms. The highest BCUT2D eigenvalue weighted by molar-refractivity contribution is 5.91. The van der Waals surface area contributed by atoms with Crippen molar-refractivity contribution in [3.8, 4) is 0 Å². The normalized spacial score (nSPS) is 19.9. The highest BCUT2D eigenvalue weighted by Gasteiger charge is 2.31. The second-order valence-corrected chi connectivity index (χ2v) is 5.97. The number of pyridine rings is 1. The number of benzene rings is 1. The summed E-state index contributed by atoms with van der Waals surface area (Å²) in [5.74, 6) is 0.846. The van der Waals surface area contributed by atoms with E-state index in [-0.39, 0.29) is 0 Å². The summed E-state index contributed by atoms with van der Waals surface area (Å²) >= 11 is 0. The number of carbonyl (C=O) groups excluding carboxylic acids is 1. The second kappa shape index (κ2) is 5.11. The maximum atomic E-state index is 11.4. The summed E-state index contributed by atoms with van der Waals surface area (Å²) in [6.45, 7) is 4.08. The van der Waals surface area contributed by atoms with Crippen molar-refractivity contribution in [1.29, 1.82) is 0 Å². The zero-order valence-corrected chi connectivity index (χ0v) is 12.0.